The largest absolute Gasteiger partial charge is 0.291 e. The van der Waals surface area contributed by atoms with Gasteiger partial charge in [0.05, 0.1) is 16.8 Å². The van der Waals surface area contributed by atoms with Gasteiger partial charge in [-0.2, -0.15) is 4.98 Å². The summed E-state index contributed by atoms with van der Waals surface area (Å²) in [7, 11) is 0. The fourth-order valence-corrected chi connectivity index (χ4v) is 5.34. The quantitative estimate of drug-likeness (QED) is 0.397. The minimum absolute atomic E-state index is 0.137. The van der Waals surface area contributed by atoms with Gasteiger partial charge >= 0.3 is 0 Å². The third-order valence-corrected chi connectivity index (χ3v) is 7.35. The maximum atomic E-state index is 13.4. The zero-order valence-corrected chi connectivity index (χ0v) is 20.7. The van der Waals surface area contributed by atoms with Gasteiger partial charge in [-0.25, -0.2) is 4.52 Å². The average Bonchev–Trinajstić information content (AvgIpc) is 3.48. The molecule has 3 amide bonds. The molecule has 8 nitrogen and oxygen atoms in total. The molecule has 2 aromatic carbocycles. The van der Waals surface area contributed by atoms with Crippen LogP contribution in [-0.4, -0.2) is 43.3 Å². The van der Waals surface area contributed by atoms with Crippen LogP contribution in [0.1, 0.15) is 52.1 Å². The second-order valence-corrected chi connectivity index (χ2v) is 9.75. The molecule has 0 aliphatic carbocycles. The van der Waals surface area contributed by atoms with Crippen LogP contribution in [-0.2, 0) is 4.79 Å². The van der Waals surface area contributed by atoms with E-state index in [1.807, 2.05) is 45.2 Å². The van der Waals surface area contributed by atoms with Gasteiger partial charge in [-0.05, 0) is 37.5 Å². The Bertz CT molecular complexity index is 1450. The third-order valence-electron chi connectivity index (χ3n) is 6.53. The Morgan fingerprint density at radius 3 is 2.37 bits per heavy atom. The van der Waals surface area contributed by atoms with Crippen molar-refractivity contribution in [3.05, 3.63) is 70.1 Å². The number of amides is 3. The number of aromatic nitrogens is 3. The van der Waals surface area contributed by atoms with E-state index in [9.17, 15) is 14.4 Å². The highest BCUT2D eigenvalue weighted by atomic mass is 32.1. The molecule has 3 heterocycles. The Hall–Kier alpha value is -3.85. The minimum Gasteiger partial charge on any atom is -0.291 e. The second-order valence-electron chi connectivity index (χ2n) is 8.91. The number of nitrogens with one attached hydrogen (secondary N) is 1. The summed E-state index contributed by atoms with van der Waals surface area (Å²) in [5.41, 5.74) is 4.85. The van der Waals surface area contributed by atoms with E-state index in [2.05, 4.69) is 21.5 Å². The van der Waals surface area contributed by atoms with Crippen LogP contribution in [0, 0.1) is 19.8 Å². The smallest absolute Gasteiger partial charge is 0.262 e. The molecule has 0 bridgehead atoms. The summed E-state index contributed by atoms with van der Waals surface area (Å²) >= 11 is 1.43. The number of anilines is 1. The molecule has 0 radical (unpaired) electrons. The lowest BCUT2D eigenvalue weighted by atomic mass is 9.96. The van der Waals surface area contributed by atoms with Crippen molar-refractivity contribution in [3.63, 3.8) is 0 Å². The van der Waals surface area contributed by atoms with Crippen LogP contribution in [0.5, 0.6) is 0 Å². The molecule has 4 aromatic rings. The van der Waals surface area contributed by atoms with Gasteiger partial charge in [-0.3, -0.25) is 24.6 Å². The number of aryl methyl sites for hydroxylation is 2. The van der Waals surface area contributed by atoms with Gasteiger partial charge in [0.25, 0.3) is 17.8 Å². The lowest BCUT2D eigenvalue weighted by molar-refractivity contribution is -0.121. The first-order chi connectivity index (χ1) is 16.8. The van der Waals surface area contributed by atoms with Gasteiger partial charge in [0.1, 0.15) is 6.04 Å². The number of imide groups is 1. The fourth-order valence-electron chi connectivity index (χ4n) is 4.52. The first-order valence-corrected chi connectivity index (χ1v) is 12.4. The SMILES string of the molecule is CCC(C)C(C(=O)Nc1nc2scc(-c3ccc(C)cc3C)n2n1)N1C(=O)c2ccccc2C1=O. The van der Waals surface area contributed by atoms with E-state index in [4.69, 9.17) is 0 Å². The van der Waals surface area contributed by atoms with Crippen molar-refractivity contribution in [2.45, 2.75) is 40.2 Å². The van der Waals surface area contributed by atoms with Gasteiger partial charge in [0.15, 0.2) is 0 Å². The number of rotatable bonds is 6. The third kappa shape index (κ3) is 3.81. The van der Waals surface area contributed by atoms with Gasteiger partial charge in [0.2, 0.25) is 10.9 Å². The molecular weight excluding hydrogens is 462 g/mol. The second kappa shape index (κ2) is 8.74. The van der Waals surface area contributed by atoms with Crippen molar-refractivity contribution in [2.24, 2.45) is 5.92 Å². The first kappa shape index (κ1) is 22.9. The number of nitrogens with zero attached hydrogens (tertiary/aromatic N) is 4. The zero-order valence-electron chi connectivity index (χ0n) is 19.9. The molecule has 35 heavy (non-hydrogen) atoms. The average molecular weight is 488 g/mol. The van der Waals surface area contributed by atoms with E-state index in [0.717, 1.165) is 21.7 Å². The minimum atomic E-state index is -0.979. The van der Waals surface area contributed by atoms with Gasteiger partial charge in [-0.15, -0.1) is 16.4 Å². The van der Waals surface area contributed by atoms with Crippen LogP contribution < -0.4 is 5.32 Å². The van der Waals surface area contributed by atoms with E-state index < -0.39 is 23.8 Å². The van der Waals surface area contributed by atoms with Crippen molar-refractivity contribution in [3.8, 4) is 11.3 Å². The molecule has 0 spiro atoms. The van der Waals surface area contributed by atoms with Crippen LogP contribution in [0.2, 0.25) is 0 Å². The van der Waals surface area contributed by atoms with E-state index in [-0.39, 0.29) is 11.9 Å². The van der Waals surface area contributed by atoms with Gasteiger partial charge < -0.3 is 0 Å². The molecule has 0 saturated carbocycles. The van der Waals surface area contributed by atoms with Crippen LogP contribution in [0.15, 0.2) is 47.8 Å². The maximum absolute atomic E-state index is 13.4. The molecule has 1 aliphatic rings. The number of hydrogen-bond donors (Lipinski definition) is 1. The van der Waals surface area contributed by atoms with E-state index in [1.54, 1.807) is 28.8 Å². The summed E-state index contributed by atoms with van der Waals surface area (Å²) in [5.74, 6) is -1.52. The summed E-state index contributed by atoms with van der Waals surface area (Å²) in [6.07, 6.45) is 0.605. The number of thiazole rings is 1. The molecule has 2 aromatic heterocycles. The molecule has 0 fully saturated rings. The topological polar surface area (TPSA) is 96.7 Å². The van der Waals surface area contributed by atoms with Crippen molar-refractivity contribution in [1.29, 1.82) is 0 Å². The maximum Gasteiger partial charge on any atom is 0.262 e. The molecule has 1 N–H and O–H groups in total. The summed E-state index contributed by atoms with van der Waals surface area (Å²) in [4.78, 5) is 45.8. The fraction of sp³-hybridized carbons (Fsp3) is 0.269. The molecule has 178 valence electrons. The van der Waals surface area contributed by atoms with Crippen LogP contribution >= 0.6 is 11.3 Å². The number of carbonyl (C=O) groups excluding carboxylic acids is 3. The highest BCUT2D eigenvalue weighted by Crippen LogP contribution is 2.31. The summed E-state index contributed by atoms with van der Waals surface area (Å²) < 4.78 is 1.71. The van der Waals surface area contributed by atoms with Crippen molar-refractivity contribution < 1.29 is 14.4 Å². The predicted octanol–water partition coefficient (Wildman–Crippen LogP) is 4.72. The lowest BCUT2D eigenvalue weighted by Gasteiger charge is -2.29. The van der Waals surface area contributed by atoms with E-state index in [1.165, 1.54) is 16.9 Å². The van der Waals surface area contributed by atoms with Crippen LogP contribution in [0.3, 0.4) is 0 Å². The monoisotopic (exact) mass is 487 g/mol. The molecule has 9 heteroatoms. The predicted molar refractivity (Wildman–Crippen MR) is 135 cm³/mol. The number of carbonyl (C=O) groups is 3. The molecular formula is C26H25N5O3S. The van der Waals surface area contributed by atoms with Crippen LogP contribution in [0.25, 0.3) is 16.2 Å². The van der Waals surface area contributed by atoms with E-state index >= 15 is 0 Å². The highest BCUT2D eigenvalue weighted by molar-refractivity contribution is 7.15. The number of benzene rings is 2. The van der Waals surface area contributed by atoms with E-state index in [0.29, 0.717) is 22.5 Å². The molecule has 0 saturated heterocycles. The molecule has 5 rings (SSSR count). The highest BCUT2D eigenvalue weighted by Gasteiger charge is 2.44. The molecule has 2 atom stereocenters. The summed E-state index contributed by atoms with van der Waals surface area (Å²) in [6, 6.07) is 11.9. The molecule has 2 unspecified atom stereocenters. The van der Waals surface area contributed by atoms with Gasteiger partial charge in [-0.1, -0.05) is 56.2 Å². The standard InChI is InChI=1S/C26H25N5O3S/c1-5-15(3)21(30-23(33)18-8-6-7-9-19(18)24(30)34)22(32)27-25-28-26-31(29-25)20(13-35-26)17-11-10-14(2)12-16(17)4/h6-13,15,21H,5H2,1-4H3,(H,27,29,32). The molecule has 1 aliphatic heterocycles. The Labute approximate surface area is 206 Å². The lowest BCUT2D eigenvalue weighted by Crippen LogP contribution is -2.50. The Balaban J connectivity index is 1.45. The van der Waals surface area contributed by atoms with Crippen molar-refractivity contribution in [2.75, 3.05) is 5.32 Å². The summed E-state index contributed by atoms with van der Waals surface area (Å²) in [5, 5.41) is 9.26. The Morgan fingerprint density at radius 2 is 1.74 bits per heavy atom. The Morgan fingerprint density at radius 1 is 1.06 bits per heavy atom. The summed E-state index contributed by atoms with van der Waals surface area (Å²) in [6.45, 7) is 7.87. The van der Waals surface area contributed by atoms with Crippen LogP contribution in [0.4, 0.5) is 5.95 Å². The normalized spacial score (nSPS) is 14.9. The number of fused-ring (bicyclic) bond motifs is 2. The Kier molecular flexibility index (Phi) is 5.72. The zero-order chi connectivity index (χ0) is 24.9. The first-order valence-electron chi connectivity index (χ1n) is 11.5. The van der Waals surface area contributed by atoms with Crippen molar-refractivity contribution in [1.82, 2.24) is 19.5 Å². The van der Waals surface area contributed by atoms with Gasteiger partial charge in [0, 0.05) is 10.9 Å². The number of hydrogen-bond acceptors (Lipinski definition) is 6. The van der Waals surface area contributed by atoms with Crippen molar-refractivity contribution >= 4 is 40.0 Å².